The van der Waals surface area contributed by atoms with Crippen molar-refractivity contribution in [3.63, 3.8) is 0 Å². The van der Waals surface area contributed by atoms with Crippen molar-refractivity contribution in [3.8, 4) is 0 Å². The Morgan fingerprint density at radius 2 is 0.969 bits per heavy atom. The van der Waals surface area contributed by atoms with Gasteiger partial charge in [-0.15, -0.1) is 0 Å². The van der Waals surface area contributed by atoms with Crippen LogP contribution in [-0.4, -0.2) is 123 Å². The molecule has 0 aliphatic carbocycles. The van der Waals surface area contributed by atoms with E-state index in [0.29, 0.717) is 45.6 Å². The number of hydrogen-bond donors (Lipinski definition) is 0. The number of unbranched alkanes of at least 4 members (excludes halogenated alkanes) is 24. The van der Waals surface area contributed by atoms with Gasteiger partial charge in [0.15, 0.2) is 0 Å². The SMILES string of the molecule is CCCCCCCCCCCOC(=O)CCCCCN1C[C@@H](OC(=O)CN2CCN(C)CC2)C[C@H]1C(=O)OCCCCCCCC(=O)OC(CCCCCCCC)CCCCCCCC. The van der Waals surface area contributed by atoms with Crippen LogP contribution in [0.2, 0.25) is 0 Å². The number of nitrogens with zero attached hydrogens (tertiary/aromatic N) is 3. The fourth-order valence-electron chi connectivity index (χ4n) is 9.27. The molecule has 2 atom stereocenters. The van der Waals surface area contributed by atoms with Crippen molar-refractivity contribution in [1.82, 2.24) is 14.7 Å². The second kappa shape index (κ2) is 40.8. The van der Waals surface area contributed by atoms with Gasteiger partial charge in [-0.1, -0.05) is 162 Å². The van der Waals surface area contributed by atoms with Gasteiger partial charge in [-0.2, -0.15) is 0 Å². The maximum absolute atomic E-state index is 13.5. The smallest absolute Gasteiger partial charge is 0.323 e. The first-order valence-electron chi connectivity index (χ1n) is 27.6. The first-order valence-corrected chi connectivity index (χ1v) is 27.6. The van der Waals surface area contributed by atoms with Gasteiger partial charge >= 0.3 is 23.9 Å². The highest BCUT2D eigenvalue weighted by molar-refractivity contribution is 5.77. The van der Waals surface area contributed by atoms with Crippen molar-refractivity contribution in [2.45, 2.75) is 257 Å². The van der Waals surface area contributed by atoms with E-state index in [4.69, 9.17) is 18.9 Å². The molecule has 2 rings (SSSR count). The minimum atomic E-state index is -0.449. The molecule has 2 fully saturated rings. The van der Waals surface area contributed by atoms with Crippen LogP contribution < -0.4 is 0 Å². The molecule has 2 heterocycles. The highest BCUT2D eigenvalue weighted by Crippen LogP contribution is 2.24. The second-order valence-electron chi connectivity index (χ2n) is 19.7. The minimum Gasteiger partial charge on any atom is -0.466 e. The van der Waals surface area contributed by atoms with Crippen LogP contribution in [0.3, 0.4) is 0 Å². The number of rotatable bonds is 43. The summed E-state index contributed by atoms with van der Waals surface area (Å²) in [6, 6.07) is -0.449. The van der Waals surface area contributed by atoms with Gasteiger partial charge in [-0.3, -0.25) is 29.0 Å². The second-order valence-corrected chi connectivity index (χ2v) is 19.7. The maximum Gasteiger partial charge on any atom is 0.323 e. The average Bonchev–Trinajstić information content (AvgIpc) is 3.69. The summed E-state index contributed by atoms with van der Waals surface area (Å²) in [6.07, 6.45) is 36.1. The lowest BCUT2D eigenvalue weighted by Gasteiger charge is -2.31. The van der Waals surface area contributed by atoms with Crippen LogP contribution in [0.25, 0.3) is 0 Å². The summed E-state index contributed by atoms with van der Waals surface area (Å²) >= 11 is 0. The minimum absolute atomic E-state index is 0.0487. The molecule has 0 spiro atoms. The van der Waals surface area contributed by atoms with E-state index in [1.807, 2.05) is 0 Å². The Balaban J connectivity index is 1.69. The van der Waals surface area contributed by atoms with Gasteiger partial charge in [-0.05, 0) is 71.4 Å². The summed E-state index contributed by atoms with van der Waals surface area (Å²) in [5.74, 6) is -0.651. The fraction of sp³-hybridized carbons (Fsp3) is 0.926. The monoisotopic (exact) mass is 920 g/mol. The third kappa shape index (κ3) is 32.2. The summed E-state index contributed by atoms with van der Waals surface area (Å²) in [5.41, 5.74) is 0. The molecule has 0 aromatic carbocycles. The van der Waals surface area contributed by atoms with Crippen LogP contribution in [0.15, 0.2) is 0 Å². The standard InChI is InChI=1S/C54H101N3O8/c1-5-8-11-14-17-18-19-24-32-43-62-51(58)36-30-26-31-38-57-46-49(65-53(60)47-56-41-39-55(4)40-42-56)45-50(57)54(61)63-44-33-25-20-23-29-37-52(59)64-48(34-27-21-15-12-9-6-2)35-28-22-16-13-10-7-3/h48-50H,5-47H2,1-4H3/t49-,50-/m0/s1. The number of likely N-dealkylation sites (N-methyl/N-ethyl adjacent to an activating group) is 1. The van der Waals surface area contributed by atoms with Crippen LogP contribution in [0.1, 0.15) is 239 Å². The lowest BCUT2D eigenvalue weighted by atomic mass is 10.0. The molecule has 2 aliphatic heterocycles. The first kappa shape index (κ1) is 58.9. The van der Waals surface area contributed by atoms with E-state index < -0.39 is 6.04 Å². The van der Waals surface area contributed by atoms with E-state index >= 15 is 0 Å². The zero-order chi connectivity index (χ0) is 47.0. The molecule has 0 aromatic heterocycles. The molecule has 0 aromatic rings. The number of hydrogen-bond acceptors (Lipinski definition) is 11. The quantitative estimate of drug-likeness (QED) is 0.0331. The molecule has 11 nitrogen and oxygen atoms in total. The zero-order valence-corrected chi connectivity index (χ0v) is 42.7. The van der Waals surface area contributed by atoms with Gasteiger partial charge in [-0.25, -0.2) is 0 Å². The van der Waals surface area contributed by atoms with Crippen LogP contribution in [-0.2, 0) is 38.1 Å². The molecule has 0 N–H and O–H groups in total. The molecule has 65 heavy (non-hydrogen) atoms. The molecular weight excluding hydrogens is 819 g/mol. The molecule has 380 valence electrons. The number of ether oxygens (including phenoxy) is 4. The molecule has 0 radical (unpaired) electrons. The Bertz CT molecular complexity index is 1160. The normalized spacial score (nSPS) is 17.2. The summed E-state index contributed by atoms with van der Waals surface area (Å²) in [4.78, 5) is 58.1. The highest BCUT2D eigenvalue weighted by Gasteiger charge is 2.39. The van der Waals surface area contributed by atoms with Gasteiger partial charge in [0.05, 0.1) is 19.8 Å². The lowest BCUT2D eigenvalue weighted by Crippen LogP contribution is -2.46. The molecule has 0 bridgehead atoms. The average molecular weight is 920 g/mol. The van der Waals surface area contributed by atoms with Gasteiger partial charge < -0.3 is 23.8 Å². The van der Waals surface area contributed by atoms with Crippen molar-refractivity contribution in [2.24, 2.45) is 0 Å². The van der Waals surface area contributed by atoms with Gasteiger partial charge in [0.25, 0.3) is 0 Å². The van der Waals surface area contributed by atoms with Crippen molar-refractivity contribution in [1.29, 1.82) is 0 Å². The molecular formula is C54H101N3O8. The van der Waals surface area contributed by atoms with Crippen molar-refractivity contribution >= 4 is 23.9 Å². The van der Waals surface area contributed by atoms with E-state index in [0.717, 1.165) is 116 Å². The Morgan fingerprint density at radius 1 is 0.508 bits per heavy atom. The highest BCUT2D eigenvalue weighted by atomic mass is 16.6. The topological polar surface area (TPSA) is 115 Å². The van der Waals surface area contributed by atoms with Crippen molar-refractivity contribution in [2.75, 3.05) is 66.1 Å². The summed E-state index contributed by atoms with van der Waals surface area (Å²) in [6.45, 7) is 12.6. The molecule has 0 unspecified atom stereocenters. The Kier molecular flexibility index (Phi) is 37.0. The molecule has 0 amide bonds. The predicted molar refractivity (Wildman–Crippen MR) is 265 cm³/mol. The summed E-state index contributed by atoms with van der Waals surface area (Å²) in [7, 11) is 2.10. The van der Waals surface area contributed by atoms with Gasteiger partial charge in [0, 0.05) is 52.0 Å². The van der Waals surface area contributed by atoms with E-state index in [9.17, 15) is 19.2 Å². The maximum atomic E-state index is 13.5. The summed E-state index contributed by atoms with van der Waals surface area (Å²) in [5, 5.41) is 0. The number of esters is 4. The third-order valence-corrected chi connectivity index (χ3v) is 13.5. The number of carbonyl (C=O) groups excluding carboxylic acids is 4. The van der Waals surface area contributed by atoms with Gasteiger partial charge in [0.1, 0.15) is 18.2 Å². The van der Waals surface area contributed by atoms with E-state index in [2.05, 4.69) is 42.5 Å². The molecule has 2 aliphatic rings. The van der Waals surface area contributed by atoms with E-state index in [1.54, 1.807) is 0 Å². The van der Waals surface area contributed by atoms with Crippen LogP contribution >= 0.6 is 0 Å². The zero-order valence-electron chi connectivity index (χ0n) is 42.7. The summed E-state index contributed by atoms with van der Waals surface area (Å²) < 4.78 is 23.3. The van der Waals surface area contributed by atoms with Crippen LogP contribution in [0.5, 0.6) is 0 Å². The Hall–Kier alpha value is -2.24. The van der Waals surface area contributed by atoms with Gasteiger partial charge in [0.2, 0.25) is 0 Å². The van der Waals surface area contributed by atoms with Crippen molar-refractivity contribution in [3.05, 3.63) is 0 Å². The van der Waals surface area contributed by atoms with Crippen LogP contribution in [0.4, 0.5) is 0 Å². The Labute approximate surface area is 398 Å². The number of carbonyl (C=O) groups is 4. The fourth-order valence-corrected chi connectivity index (χ4v) is 9.27. The third-order valence-electron chi connectivity index (χ3n) is 13.5. The molecule has 11 heteroatoms. The van der Waals surface area contributed by atoms with Crippen LogP contribution in [0, 0.1) is 0 Å². The molecule has 0 saturated carbocycles. The predicted octanol–water partition coefficient (Wildman–Crippen LogP) is 12.2. The Morgan fingerprint density at radius 3 is 1.52 bits per heavy atom. The van der Waals surface area contributed by atoms with Crippen molar-refractivity contribution < 1.29 is 38.1 Å². The lowest BCUT2D eigenvalue weighted by molar-refractivity contribution is -0.152. The number of likely N-dealkylation sites (tertiary alicyclic amines) is 1. The van der Waals surface area contributed by atoms with E-state index in [-0.39, 0.29) is 42.6 Å². The van der Waals surface area contributed by atoms with E-state index in [1.165, 1.54) is 109 Å². The largest absolute Gasteiger partial charge is 0.466 e. The number of piperazine rings is 1. The molecule has 2 saturated heterocycles. The first-order chi connectivity index (χ1) is 31.7.